The Morgan fingerprint density at radius 3 is 2.53 bits per heavy atom. The van der Waals surface area contributed by atoms with E-state index in [1.165, 1.54) is 0 Å². The molecule has 0 atom stereocenters. The first-order valence-corrected chi connectivity index (χ1v) is 6.58. The standard InChI is InChI=1S/C13H8Cl3N3/c14-6-1-2-10(17)7(3-6)13-18-11-4-8(15)9(16)5-12(11)19-13/h1-5H,17H2,(H,18,19). The predicted octanol–water partition coefficient (Wildman–Crippen LogP) is 4.77. The van der Waals surface area contributed by atoms with Gasteiger partial charge < -0.3 is 10.7 Å². The van der Waals surface area contributed by atoms with E-state index in [9.17, 15) is 0 Å². The van der Waals surface area contributed by atoms with Crippen molar-refractivity contribution in [3.8, 4) is 11.4 Å². The van der Waals surface area contributed by atoms with Gasteiger partial charge >= 0.3 is 0 Å². The molecule has 0 bridgehead atoms. The van der Waals surface area contributed by atoms with Gasteiger partial charge in [-0.3, -0.25) is 0 Å². The van der Waals surface area contributed by atoms with Crippen LogP contribution in [0.3, 0.4) is 0 Å². The predicted molar refractivity (Wildman–Crippen MR) is 81.0 cm³/mol. The Kier molecular flexibility index (Phi) is 3.05. The summed E-state index contributed by atoms with van der Waals surface area (Å²) in [5.74, 6) is 0.633. The minimum Gasteiger partial charge on any atom is -0.398 e. The number of anilines is 1. The molecule has 0 aliphatic heterocycles. The number of nitrogens with two attached hydrogens (primary N) is 1. The smallest absolute Gasteiger partial charge is 0.140 e. The van der Waals surface area contributed by atoms with Crippen LogP contribution in [0.1, 0.15) is 0 Å². The molecule has 0 radical (unpaired) electrons. The monoisotopic (exact) mass is 311 g/mol. The maximum Gasteiger partial charge on any atom is 0.140 e. The van der Waals surface area contributed by atoms with Crippen molar-refractivity contribution in [2.45, 2.75) is 0 Å². The zero-order valence-electron chi connectivity index (χ0n) is 9.55. The zero-order chi connectivity index (χ0) is 13.6. The highest BCUT2D eigenvalue weighted by atomic mass is 35.5. The van der Waals surface area contributed by atoms with Crippen molar-refractivity contribution in [2.75, 3.05) is 5.73 Å². The summed E-state index contributed by atoms with van der Waals surface area (Å²) in [4.78, 5) is 7.60. The van der Waals surface area contributed by atoms with Gasteiger partial charge in [0.1, 0.15) is 5.82 Å². The lowest BCUT2D eigenvalue weighted by Crippen LogP contribution is -1.90. The average Bonchev–Trinajstić information content (AvgIpc) is 2.75. The van der Waals surface area contributed by atoms with Gasteiger partial charge in [-0.25, -0.2) is 4.98 Å². The highest BCUT2D eigenvalue weighted by molar-refractivity contribution is 6.42. The van der Waals surface area contributed by atoms with E-state index in [0.29, 0.717) is 26.6 Å². The molecule has 1 heterocycles. The fourth-order valence-electron chi connectivity index (χ4n) is 1.87. The van der Waals surface area contributed by atoms with E-state index in [1.54, 1.807) is 30.3 Å². The quantitative estimate of drug-likeness (QED) is 0.636. The summed E-state index contributed by atoms with van der Waals surface area (Å²) in [5, 5.41) is 1.54. The molecule has 6 heteroatoms. The molecule has 19 heavy (non-hydrogen) atoms. The molecule has 0 aliphatic rings. The number of halogens is 3. The summed E-state index contributed by atoms with van der Waals surface area (Å²) in [6.07, 6.45) is 0. The first kappa shape index (κ1) is 12.6. The van der Waals surface area contributed by atoms with Gasteiger partial charge in [-0.2, -0.15) is 0 Å². The second-order valence-corrected chi connectivity index (χ2v) is 5.35. The minimum atomic E-state index is 0.464. The lowest BCUT2D eigenvalue weighted by molar-refractivity contribution is 1.34. The van der Waals surface area contributed by atoms with Gasteiger partial charge in [0.25, 0.3) is 0 Å². The third kappa shape index (κ3) is 2.25. The van der Waals surface area contributed by atoms with E-state index in [-0.39, 0.29) is 0 Å². The summed E-state index contributed by atoms with van der Waals surface area (Å²) >= 11 is 17.9. The topological polar surface area (TPSA) is 54.7 Å². The fourth-order valence-corrected chi connectivity index (χ4v) is 2.36. The van der Waals surface area contributed by atoms with Crippen molar-refractivity contribution < 1.29 is 0 Å². The van der Waals surface area contributed by atoms with Crippen molar-refractivity contribution in [2.24, 2.45) is 0 Å². The zero-order valence-corrected chi connectivity index (χ0v) is 11.8. The number of H-pyrrole nitrogens is 1. The minimum absolute atomic E-state index is 0.464. The molecule has 0 saturated heterocycles. The summed E-state index contributed by atoms with van der Waals surface area (Å²) in [7, 11) is 0. The molecule has 0 amide bonds. The van der Waals surface area contributed by atoms with Gasteiger partial charge in [0, 0.05) is 16.3 Å². The molecule has 0 fully saturated rings. The molecule has 2 aromatic carbocycles. The third-order valence-electron chi connectivity index (χ3n) is 2.79. The van der Waals surface area contributed by atoms with Crippen LogP contribution in [0.2, 0.25) is 15.1 Å². The molecule has 1 aromatic heterocycles. The molecule has 0 saturated carbocycles. The number of rotatable bonds is 1. The number of aromatic amines is 1. The molecular weight excluding hydrogens is 305 g/mol. The van der Waals surface area contributed by atoms with E-state index < -0.39 is 0 Å². The molecule has 0 spiro atoms. The highest BCUT2D eigenvalue weighted by Crippen LogP contribution is 2.31. The molecule has 96 valence electrons. The molecular formula is C13H8Cl3N3. The molecule has 3 nitrogen and oxygen atoms in total. The first-order valence-electron chi connectivity index (χ1n) is 5.45. The van der Waals surface area contributed by atoms with Crippen LogP contribution in [0.5, 0.6) is 0 Å². The van der Waals surface area contributed by atoms with E-state index in [0.717, 1.165) is 16.6 Å². The number of imidazole rings is 1. The van der Waals surface area contributed by atoms with Crippen molar-refractivity contribution in [3.05, 3.63) is 45.4 Å². The van der Waals surface area contributed by atoms with Crippen molar-refractivity contribution in [1.29, 1.82) is 0 Å². The Bertz CT molecular complexity index is 741. The van der Waals surface area contributed by atoms with Gasteiger partial charge in [-0.05, 0) is 30.3 Å². The maximum absolute atomic E-state index is 5.98. The number of fused-ring (bicyclic) bond motifs is 1. The Hall–Kier alpha value is -1.42. The summed E-state index contributed by atoms with van der Waals surface area (Å²) in [5.41, 5.74) is 8.80. The van der Waals surface area contributed by atoms with E-state index in [1.807, 2.05) is 0 Å². The Morgan fingerprint density at radius 2 is 1.74 bits per heavy atom. The number of benzene rings is 2. The number of nitrogens with one attached hydrogen (secondary N) is 1. The maximum atomic E-state index is 5.98. The Morgan fingerprint density at radius 1 is 1.00 bits per heavy atom. The highest BCUT2D eigenvalue weighted by Gasteiger charge is 2.11. The van der Waals surface area contributed by atoms with Crippen molar-refractivity contribution in [1.82, 2.24) is 9.97 Å². The first-order chi connectivity index (χ1) is 9.04. The van der Waals surface area contributed by atoms with Crippen LogP contribution in [0.15, 0.2) is 30.3 Å². The van der Waals surface area contributed by atoms with Crippen LogP contribution >= 0.6 is 34.8 Å². The van der Waals surface area contributed by atoms with Gasteiger partial charge in [-0.15, -0.1) is 0 Å². The van der Waals surface area contributed by atoms with Crippen LogP contribution < -0.4 is 5.73 Å². The van der Waals surface area contributed by atoms with Crippen LogP contribution in [0.25, 0.3) is 22.4 Å². The van der Waals surface area contributed by atoms with Gasteiger partial charge in [-0.1, -0.05) is 34.8 Å². The normalized spacial score (nSPS) is 11.1. The number of hydrogen-bond acceptors (Lipinski definition) is 2. The van der Waals surface area contributed by atoms with Crippen LogP contribution in [0.4, 0.5) is 5.69 Å². The van der Waals surface area contributed by atoms with Crippen molar-refractivity contribution in [3.63, 3.8) is 0 Å². The van der Waals surface area contributed by atoms with Crippen LogP contribution in [-0.4, -0.2) is 9.97 Å². The van der Waals surface area contributed by atoms with E-state index in [4.69, 9.17) is 40.5 Å². The largest absolute Gasteiger partial charge is 0.398 e. The molecule has 3 rings (SSSR count). The second-order valence-electron chi connectivity index (χ2n) is 4.10. The van der Waals surface area contributed by atoms with E-state index in [2.05, 4.69) is 9.97 Å². The third-order valence-corrected chi connectivity index (χ3v) is 3.75. The summed E-state index contributed by atoms with van der Waals surface area (Å²) < 4.78 is 0. The summed E-state index contributed by atoms with van der Waals surface area (Å²) in [6, 6.07) is 8.68. The fraction of sp³-hybridized carbons (Fsp3) is 0. The second kappa shape index (κ2) is 4.60. The Labute approximate surface area is 124 Å². The number of hydrogen-bond donors (Lipinski definition) is 2. The van der Waals surface area contributed by atoms with Crippen LogP contribution in [0, 0.1) is 0 Å². The Balaban J connectivity index is 2.23. The van der Waals surface area contributed by atoms with Gasteiger partial charge in [0.05, 0.1) is 21.1 Å². The van der Waals surface area contributed by atoms with Crippen LogP contribution in [-0.2, 0) is 0 Å². The lowest BCUT2D eigenvalue weighted by Gasteiger charge is -2.02. The number of nitrogens with zero attached hydrogens (tertiary/aromatic N) is 1. The molecule has 3 N–H and O–H groups in total. The average molecular weight is 313 g/mol. The van der Waals surface area contributed by atoms with Gasteiger partial charge in [0.2, 0.25) is 0 Å². The van der Waals surface area contributed by atoms with Crippen molar-refractivity contribution >= 4 is 51.5 Å². The number of nitrogen functional groups attached to an aromatic ring is 1. The molecule has 0 aliphatic carbocycles. The van der Waals surface area contributed by atoms with Gasteiger partial charge in [0.15, 0.2) is 0 Å². The SMILES string of the molecule is Nc1ccc(Cl)cc1-c1nc2cc(Cl)c(Cl)cc2[nH]1. The lowest BCUT2D eigenvalue weighted by atomic mass is 10.2. The summed E-state index contributed by atoms with van der Waals surface area (Å²) in [6.45, 7) is 0. The molecule has 3 aromatic rings. The van der Waals surface area contributed by atoms with E-state index >= 15 is 0 Å². The molecule has 0 unspecified atom stereocenters. The number of aromatic nitrogens is 2.